The number of anilines is 2. The van der Waals surface area contributed by atoms with Crippen molar-refractivity contribution in [3.63, 3.8) is 0 Å². The largest absolute Gasteiger partial charge is 0.280 e. The summed E-state index contributed by atoms with van der Waals surface area (Å²) in [6.07, 6.45) is 0. The molecule has 0 N–H and O–H groups in total. The van der Waals surface area contributed by atoms with E-state index in [1.165, 1.54) is 0 Å². The fourth-order valence-corrected chi connectivity index (χ4v) is 4.73. The molecule has 0 radical (unpaired) electrons. The first kappa shape index (κ1) is 11.0. The van der Waals surface area contributed by atoms with Gasteiger partial charge in [0.2, 0.25) is 9.84 Å². The zero-order valence-corrected chi connectivity index (χ0v) is 11.6. The summed E-state index contributed by atoms with van der Waals surface area (Å²) in [7, 11) is -3.38. The molecule has 2 aromatic rings. The zero-order chi connectivity index (χ0) is 12.0. The van der Waals surface area contributed by atoms with Crippen molar-refractivity contribution in [2.75, 3.05) is 3.11 Å². The molecule has 5 heteroatoms. The van der Waals surface area contributed by atoms with Gasteiger partial charge < -0.3 is 0 Å². The van der Waals surface area contributed by atoms with Gasteiger partial charge in [-0.25, -0.2) is 8.42 Å². The lowest BCUT2D eigenvalue weighted by Gasteiger charge is -2.27. The quantitative estimate of drug-likeness (QED) is 0.536. The predicted molar refractivity (Wildman–Crippen MR) is 74.5 cm³/mol. The molecule has 0 saturated carbocycles. The Morgan fingerprint density at radius 1 is 0.824 bits per heavy atom. The number of halogens is 1. The van der Waals surface area contributed by atoms with Gasteiger partial charge in [0, 0.05) is 0 Å². The SMILES string of the molecule is O=S1(=O)c2ccccc2N(I)c2ccccc21. The second-order valence-electron chi connectivity index (χ2n) is 3.72. The van der Waals surface area contributed by atoms with Crippen molar-refractivity contribution < 1.29 is 8.42 Å². The molecule has 0 spiro atoms. The second-order valence-corrected chi connectivity index (χ2v) is 6.57. The Hall–Kier alpha value is -1.08. The molecule has 1 aliphatic heterocycles. The Kier molecular flexibility index (Phi) is 2.41. The molecule has 0 unspecified atom stereocenters. The number of hydrogen-bond acceptors (Lipinski definition) is 3. The lowest BCUT2D eigenvalue weighted by molar-refractivity contribution is 0.595. The van der Waals surface area contributed by atoms with Crippen molar-refractivity contribution >= 4 is 44.1 Å². The van der Waals surface area contributed by atoms with Crippen molar-refractivity contribution in [2.24, 2.45) is 0 Å². The molecule has 0 saturated heterocycles. The summed E-state index contributed by atoms with van der Waals surface area (Å²) in [5.41, 5.74) is 1.43. The lowest BCUT2D eigenvalue weighted by atomic mass is 10.2. The summed E-state index contributed by atoms with van der Waals surface area (Å²) in [4.78, 5) is 0.737. The number of fused-ring (bicyclic) bond motifs is 2. The number of sulfone groups is 1. The Labute approximate surface area is 113 Å². The molecule has 3 rings (SSSR count). The van der Waals surface area contributed by atoms with Crippen molar-refractivity contribution in [1.29, 1.82) is 0 Å². The first-order valence-corrected chi connectivity index (χ1v) is 7.46. The highest BCUT2D eigenvalue weighted by atomic mass is 127. The van der Waals surface area contributed by atoms with E-state index in [1.807, 2.05) is 27.4 Å². The van der Waals surface area contributed by atoms with Crippen LogP contribution in [0.1, 0.15) is 0 Å². The summed E-state index contributed by atoms with van der Waals surface area (Å²) in [5.74, 6) is 0. The van der Waals surface area contributed by atoms with E-state index in [0.717, 1.165) is 0 Å². The number of hydrogen-bond donors (Lipinski definition) is 0. The standard InChI is InChI=1S/C12H8INO2S/c13-14-9-5-1-3-7-11(9)17(15,16)12-8-4-2-6-10(12)14/h1-8H. The van der Waals surface area contributed by atoms with Crippen molar-refractivity contribution in [3.05, 3.63) is 48.5 Å². The molecule has 17 heavy (non-hydrogen) atoms. The van der Waals surface area contributed by atoms with E-state index in [4.69, 9.17) is 0 Å². The van der Waals surface area contributed by atoms with Gasteiger partial charge >= 0.3 is 0 Å². The normalized spacial score (nSPS) is 16.2. The summed E-state index contributed by atoms with van der Waals surface area (Å²) in [5, 5.41) is 0. The van der Waals surface area contributed by atoms with E-state index in [-0.39, 0.29) is 0 Å². The first-order chi connectivity index (χ1) is 8.12. The van der Waals surface area contributed by atoms with Crippen LogP contribution in [0.3, 0.4) is 0 Å². The van der Waals surface area contributed by atoms with E-state index >= 15 is 0 Å². The summed E-state index contributed by atoms with van der Waals surface area (Å²) in [6.45, 7) is 0. The van der Waals surface area contributed by atoms with E-state index < -0.39 is 9.84 Å². The van der Waals surface area contributed by atoms with Crippen LogP contribution in [0.15, 0.2) is 58.3 Å². The molecule has 0 aliphatic carbocycles. The smallest absolute Gasteiger partial charge is 0.210 e. The summed E-state index contributed by atoms with van der Waals surface area (Å²) >= 11 is 2.13. The molecule has 1 aliphatic rings. The highest BCUT2D eigenvalue weighted by molar-refractivity contribution is 14.1. The highest BCUT2D eigenvalue weighted by Gasteiger charge is 2.32. The maximum absolute atomic E-state index is 12.4. The van der Waals surface area contributed by atoms with E-state index in [0.29, 0.717) is 21.2 Å². The second kappa shape index (κ2) is 3.71. The molecule has 0 aromatic heterocycles. The minimum absolute atomic E-state index is 0.369. The van der Waals surface area contributed by atoms with Crippen LogP contribution < -0.4 is 3.11 Å². The molecule has 2 aromatic carbocycles. The number of nitrogens with zero attached hydrogens (tertiary/aromatic N) is 1. The average molecular weight is 357 g/mol. The van der Waals surface area contributed by atoms with Crippen LogP contribution >= 0.6 is 22.9 Å². The van der Waals surface area contributed by atoms with Crippen molar-refractivity contribution in [1.82, 2.24) is 0 Å². The molecular weight excluding hydrogens is 349 g/mol. The molecule has 1 heterocycles. The Balaban J connectivity index is 2.42. The molecule has 0 fully saturated rings. The van der Waals surface area contributed by atoms with E-state index in [1.54, 1.807) is 24.3 Å². The molecule has 0 atom stereocenters. The van der Waals surface area contributed by atoms with Gasteiger partial charge in [-0.3, -0.25) is 3.11 Å². The third kappa shape index (κ3) is 1.49. The Bertz CT molecular complexity index is 644. The van der Waals surface area contributed by atoms with Gasteiger partial charge in [-0.05, 0) is 24.3 Å². The third-order valence-electron chi connectivity index (χ3n) is 2.73. The topological polar surface area (TPSA) is 37.4 Å². The van der Waals surface area contributed by atoms with Crippen molar-refractivity contribution in [3.8, 4) is 0 Å². The van der Waals surface area contributed by atoms with E-state index in [2.05, 4.69) is 22.9 Å². The van der Waals surface area contributed by atoms with Gasteiger partial charge in [0.1, 0.15) is 0 Å². The summed E-state index contributed by atoms with van der Waals surface area (Å²) < 4.78 is 26.7. The fraction of sp³-hybridized carbons (Fsp3) is 0. The van der Waals surface area contributed by atoms with E-state index in [9.17, 15) is 8.42 Å². The van der Waals surface area contributed by atoms with Gasteiger partial charge in [-0.2, -0.15) is 0 Å². The molecular formula is C12H8INO2S. The zero-order valence-electron chi connectivity index (χ0n) is 8.67. The monoisotopic (exact) mass is 357 g/mol. The maximum Gasteiger partial charge on any atom is 0.210 e. The van der Waals surface area contributed by atoms with Crippen LogP contribution in [0.5, 0.6) is 0 Å². The van der Waals surface area contributed by atoms with Gasteiger partial charge in [0.25, 0.3) is 0 Å². The first-order valence-electron chi connectivity index (χ1n) is 5.01. The van der Waals surface area contributed by atoms with Gasteiger partial charge in [-0.1, -0.05) is 24.3 Å². The molecule has 86 valence electrons. The number of rotatable bonds is 0. The molecule has 0 bridgehead atoms. The van der Waals surface area contributed by atoms with Crippen LogP contribution in [0, 0.1) is 0 Å². The lowest BCUT2D eigenvalue weighted by Crippen LogP contribution is -2.17. The Morgan fingerprint density at radius 2 is 1.24 bits per heavy atom. The minimum Gasteiger partial charge on any atom is -0.280 e. The van der Waals surface area contributed by atoms with Crippen LogP contribution in [0.2, 0.25) is 0 Å². The predicted octanol–water partition coefficient (Wildman–Crippen LogP) is 3.32. The van der Waals surface area contributed by atoms with Crippen molar-refractivity contribution in [2.45, 2.75) is 9.79 Å². The van der Waals surface area contributed by atoms with Crippen LogP contribution in [-0.2, 0) is 9.84 Å². The van der Waals surface area contributed by atoms with Crippen LogP contribution in [-0.4, -0.2) is 8.42 Å². The third-order valence-corrected chi connectivity index (χ3v) is 5.62. The minimum atomic E-state index is -3.38. The van der Waals surface area contributed by atoms with Gasteiger partial charge in [-0.15, -0.1) is 0 Å². The Morgan fingerprint density at radius 3 is 1.71 bits per heavy atom. The number of para-hydroxylation sites is 2. The molecule has 3 nitrogen and oxygen atoms in total. The van der Waals surface area contributed by atoms with Crippen LogP contribution in [0.25, 0.3) is 0 Å². The highest BCUT2D eigenvalue weighted by Crippen LogP contribution is 2.45. The fourth-order valence-electron chi connectivity index (χ4n) is 1.94. The number of benzene rings is 2. The van der Waals surface area contributed by atoms with Gasteiger partial charge in [0.05, 0.1) is 44.0 Å². The maximum atomic E-state index is 12.4. The summed E-state index contributed by atoms with van der Waals surface area (Å²) in [6, 6.07) is 14.1. The van der Waals surface area contributed by atoms with Crippen LogP contribution in [0.4, 0.5) is 11.4 Å². The average Bonchev–Trinajstić information content (AvgIpc) is 2.37. The molecule has 0 amide bonds. The van der Waals surface area contributed by atoms with Gasteiger partial charge in [0.15, 0.2) is 0 Å².